The van der Waals surface area contributed by atoms with Gasteiger partial charge in [0.15, 0.2) is 0 Å². The molecule has 0 unspecified atom stereocenters. The number of nitrogens with zero attached hydrogens (tertiary/aromatic N) is 4. The van der Waals surface area contributed by atoms with E-state index in [9.17, 15) is 8.42 Å². The highest BCUT2D eigenvalue weighted by Crippen LogP contribution is 2.25. The van der Waals surface area contributed by atoms with E-state index in [1.54, 1.807) is 28.7 Å². The summed E-state index contributed by atoms with van der Waals surface area (Å²) in [4.78, 5) is 8.96. The Balaban J connectivity index is 1.76. The van der Waals surface area contributed by atoms with Crippen LogP contribution in [0.1, 0.15) is 12.8 Å². The number of hydrogen-bond donors (Lipinski definition) is 0. The first-order valence-electron chi connectivity index (χ1n) is 7.55. The third-order valence-electron chi connectivity index (χ3n) is 4.07. The molecule has 0 aliphatic carbocycles. The third-order valence-corrected chi connectivity index (χ3v) is 5.96. The quantitative estimate of drug-likeness (QED) is 0.739. The Kier molecular flexibility index (Phi) is 3.39. The van der Waals surface area contributed by atoms with Crippen LogP contribution in [0, 0.1) is 0 Å². The average molecular weight is 328 g/mol. The maximum atomic E-state index is 12.7. The van der Waals surface area contributed by atoms with Crippen LogP contribution in [-0.2, 0) is 10.0 Å². The molecule has 1 aliphatic rings. The van der Waals surface area contributed by atoms with Crippen molar-refractivity contribution in [1.82, 2.24) is 18.7 Å². The second-order valence-electron chi connectivity index (χ2n) is 5.59. The maximum absolute atomic E-state index is 12.7. The number of sulfonamides is 1. The lowest BCUT2D eigenvalue weighted by molar-refractivity contribution is 0.477. The zero-order chi connectivity index (χ0) is 15.9. The molecular formula is C16H16N4O2S. The Hall–Kier alpha value is -2.25. The van der Waals surface area contributed by atoms with Crippen LogP contribution in [0.2, 0.25) is 0 Å². The predicted molar refractivity (Wildman–Crippen MR) is 86.4 cm³/mol. The van der Waals surface area contributed by atoms with Gasteiger partial charge in [0.25, 0.3) is 0 Å². The van der Waals surface area contributed by atoms with Crippen molar-refractivity contribution < 1.29 is 8.42 Å². The van der Waals surface area contributed by atoms with Crippen LogP contribution in [0.3, 0.4) is 0 Å². The van der Waals surface area contributed by atoms with Crippen LogP contribution in [0.15, 0.2) is 53.8 Å². The number of fused-ring (bicyclic) bond motifs is 1. The molecule has 0 spiro atoms. The summed E-state index contributed by atoms with van der Waals surface area (Å²) in [5, 5.41) is 0. The van der Waals surface area contributed by atoms with Gasteiger partial charge in [0.05, 0.1) is 10.6 Å². The Morgan fingerprint density at radius 3 is 2.70 bits per heavy atom. The van der Waals surface area contributed by atoms with Crippen LogP contribution >= 0.6 is 0 Å². The molecule has 1 aromatic carbocycles. The van der Waals surface area contributed by atoms with Gasteiger partial charge < -0.3 is 0 Å². The van der Waals surface area contributed by atoms with E-state index in [1.165, 1.54) is 0 Å². The molecular weight excluding hydrogens is 312 g/mol. The van der Waals surface area contributed by atoms with Crippen LogP contribution in [-0.4, -0.2) is 40.2 Å². The van der Waals surface area contributed by atoms with Crippen LogP contribution < -0.4 is 0 Å². The lowest BCUT2D eigenvalue weighted by Crippen LogP contribution is -2.27. The van der Waals surface area contributed by atoms with Crippen molar-refractivity contribution in [2.24, 2.45) is 0 Å². The van der Waals surface area contributed by atoms with Gasteiger partial charge in [-0.15, -0.1) is 0 Å². The summed E-state index contributed by atoms with van der Waals surface area (Å²) in [5.74, 6) is 0.593. The first-order chi connectivity index (χ1) is 11.1. The summed E-state index contributed by atoms with van der Waals surface area (Å²) < 4.78 is 28.7. The van der Waals surface area contributed by atoms with Crippen LogP contribution in [0.5, 0.6) is 0 Å². The molecule has 7 heteroatoms. The van der Waals surface area contributed by atoms with Gasteiger partial charge in [0, 0.05) is 37.2 Å². The number of benzene rings is 1. The van der Waals surface area contributed by atoms with E-state index in [1.807, 2.05) is 28.9 Å². The fraction of sp³-hybridized carbons (Fsp3) is 0.250. The second kappa shape index (κ2) is 5.43. The van der Waals surface area contributed by atoms with E-state index < -0.39 is 10.0 Å². The second-order valence-corrected chi connectivity index (χ2v) is 7.53. The van der Waals surface area contributed by atoms with Crippen molar-refractivity contribution in [2.45, 2.75) is 17.7 Å². The lowest BCUT2D eigenvalue weighted by Gasteiger charge is -2.15. The van der Waals surface area contributed by atoms with Crippen molar-refractivity contribution in [3.05, 3.63) is 48.9 Å². The van der Waals surface area contributed by atoms with Gasteiger partial charge in [-0.3, -0.25) is 4.40 Å². The Bertz CT molecular complexity index is 926. The van der Waals surface area contributed by atoms with Gasteiger partial charge in [0.2, 0.25) is 15.8 Å². The third kappa shape index (κ3) is 2.51. The highest BCUT2D eigenvalue weighted by molar-refractivity contribution is 7.89. The van der Waals surface area contributed by atoms with Gasteiger partial charge in [-0.25, -0.2) is 18.4 Å². The highest BCUT2D eigenvalue weighted by Gasteiger charge is 2.27. The maximum Gasteiger partial charge on any atom is 0.243 e. The Morgan fingerprint density at radius 2 is 1.91 bits per heavy atom. The molecule has 0 atom stereocenters. The number of hydrogen-bond acceptors (Lipinski definition) is 4. The van der Waals surface area contributed by atoms with E-state index in [0.717, 1.165) is 18.4 Å². The monoisotopic (exact) mass is 328 g/mol. The van der Waals surface area contributed by atoms with Gasteiger partial charge in [-0.05, 0) is 31.0 Å². The molecule has 0 amide bonds. The van der Waals surface area contributed by atoms with Gasteiger partial charge in [-0.2, -0.15) is 4.31 Å². The van der Waals surface area contributed by atoms with Crippen LogP contribution in [0.4, 0.5) is 0 Å². The van der Waals surface area contributed by atoms with E-state index >= 15 is 0 Å². The molecule has 1 saturated heterocycles. The van der Waals surface area contributed by atoms with Crippen molar-refractivity contribution in [3.63, 3.8) is 0 Å². The SMILES string of the molecule is O=S(=O)(c1cccc(-c2cn3cccnc3n2)c1)N1CCCC1. The lowest BCUT2D eigenvalue weighted by atomic mass is 10.2. The molecule has 23 heavy (non-hydrogen) atoms. The van der Waals surface area contributed by atoms with Crippen molar-refractivity contribution >= 4 is 15.8 Å². The van der Waals surface area contributed by atoms with E-state index in [-0.39, 0.29) is 0 Å². The molecule has 1 fully saturated rings. The number of rotatable bonds is 3. The zero-order valence-electron chi connectivity index (χ0n) is 12.5. The standard InChI is InChI=1S/C16H16N4O2S/c21-23(22,20-9-1-2-10-20)14-6-3-5-13(11-14)15-12-19-8-4-7-17-16(19)18-15/h3-8,11-12H,1-2,9-10H2. The molecule has 1 aliphatic heterocycles. The summed E-state index contributed by atoms with van der Waals surface area (Å²) in [6, 6.07) is 8.79. The molecule has 0 N–H and O–H groups in total. The molecule has 6 nitrogen and oxygen atoms in total. The van der Waals surface area contributed by atoms with E-state index in [2.05, 4.69) is 9.97 Å². The average Bonchev–Trinajstić information content (AvgIpc) is 3.24. The minimum Gasteiger partial charge on any atom is -0.291 e. The zero-order valence-corrected chi connectivity index (χ0v) is 13.3. The Labute approximate surface area is 134 Å². The smallest absolute Gasteiger partial charge is 0.243 e. The predicted octanol–water partition coefficient (Wildman–Crippen LogP) is 2.18. The van der Waals surface area contributed by atoms with Gasteiger partial charge >= 0.3 is 0 Å². The summed E-state index contributed by atoms with van der Waals surface area (Å²) in [6.07, 6.45) is 7.25. The van der Waals surface area contributed by atoms with Gasteiger partial charge in [-0.1, -0.05) is 12.1 Å². The fourth-order valence-corrected chi connectivity index (χ4v) is 4.43. The summed E-state index contributed by atoms with van der Waals surface area (Å²) >= 11 is 0. The molecule has 4 rings (SSSR count). The topological polar surface area (TPSA) is 67.6 Å². The highest BCUT2D eigenvalue weighted by atomic mass is 32.2. The molecule has 0 saturated carbocycles. The first-order valence-corrected chi connectivity index (χ1v) is 8.99. The van der Waals surface area contributed by atoms with E-state index in [0.29, 0.717) is 29.5 Å². The molecule has 3 aromatic rings. The van der Waals surface area contributed by atoms with Crippen molar-refractivity contribution in [3.8, 4) is 11.3 Å². The Morgan fingerprint density at radius 1 is 1.09 bits per heavy atom. The van der Waals surface area contributed by atoms with Crippen molar-refractivity contribution in [2.75, 3.05) is 13.1 Å². The molecule has 2 aromatic heterocycles. The first kappa shape index (κ1) is 14.3. The molecule has 0 radical (unpaired) electrons. The summed E-state index contributed by atoms with van der Waals surface area (Å²) in [5.41, 5.74) is 1.48. The normalized spacial score (nSPS) is 16.2. The van der Waals surface area contributed by atoms with E-state index in [4.69, 9.17) is 0 Å². The van der Waals surface area contributed by atoms with Gasteiger partial charge in [0.1, 0.15) is 0 Å². The minimum absolute atomic E-state index is 0.321. The summed E-state index contributed by atoms with van der Waals surface area (Å²) in [6.45, 7) is 1.20. The minimum atomic E-state index is -3.42. The van der Waals surface area contributed by atoms with Crippen molar-refractivity contribution in [1.29, 1.82) is 0 Å². The molecule has 3 heterocycles. The fourth-order valence-electron chi connectivity index (χ4n) is 2.86. The molecule has 118 valence electrons. The largest absolute Gasteiger partial charge is 0.291 e. The number of aromatic nitrogens is 3. The van der Waals surface area contributed by atoms with Crippen LogP contribution in [0.25, 0.3) is 17.0 Å². The molecule has 0 bridgehead atoms. The summed E-state index contributed by atoms with van der Waals surface area (Å²) in [7, 11) is -3.42. The number of imidazole rings is 1.